The molecule has 0 unspecified atom stereocenters. The van der Waals surface area contributed by atoms with E-state index in [2.05, 4.69) is 29.4 Å². The molecule has 3 rings (SSSR count). The zero-order valence-electron chi connectivity index (χ0n) is 14.5. The first kappa shape index (κ1) is 18.5. The Morgan fingerprint density at radius 2 is 2.15 bits per heavy atom. The smallest absolute Gasteiger partial charge is 0.234 e. The Bertz CT molecular complexity index is 877. The van der Waals surface area contributed by atoms with Gasteiger partial charge in [0.15, 0.2) is 16.7 Å². The molecule has 1 amide bonds. The Balaban J connectivity index is 1.70. The van der Waals surface area contributed by atoms with Gasteiger partial charge >= 0.3 is 0 Å². The summed E-state index contributed by atoms with van der Waals surface area (Å²) >= 11 is 7.28. The van der Waals surface area contributed by atoms with Crippen molar-refractivity contribution in [3.63, 3.8) is 0 Å². The van der Waals surface area contributed by atoms with Gasteiger partial charge in [-0.3, -0.25) is 9.36 Å². The highest BCUT2D eigenvalue weighted by Crippen LogP contribution is 2.25. The van der Waals surface area contributed by atoms with E-state index in [1.807, 2.05) is 16.7 Å². The van der Waals surface area contributed by atoms with E-state index in [1.165, 1.54) is 11.8 Å². The van der Waals surface area contributed by atoms with Gasteiger partial charge in [-0.25, -0.2) is 0 Å². The number of rotatable bonds is 7. The molecule has 0 aliphatic rings. The summed E-state index contributed by atoms with van der Waals surface area (Å²) in [4.78, 5) is 12.2. The highest BCUT2D eigenvalue weighted by atomic mass is 35.5. The standard InChI is InChI=1S/C18H19ClN4O2S/c1-12(2)10-23-17(15-7-4-8-25-15)21-22-18(23)26-11-16(24)20-14-6-3-5-13(19)9-14/h3-9,12H,10-11H2,1-2H3,(H,20,24). The van der Waals surface area contributed by atoms with E-state index in [-0.39, 0.29) is 11.7 Å². The molecule has 0 saturated carbocycles. The molecule has 8 heteroatoms. The predicted molar refractivity (Wildman–Crippen MR) is 103 cm³/mol. The Kier molecular flexibility index (Phi) is 6.00. The largest absolute Gasteiger partial charge is 0.461 e. The van der Waals surface area contributed by atoms with E-state index in [4.69, 9.17) is 16.0 Å². The second-order valence-corrected chi connectivity index (χ2v) is 7.51. The first-order chi connectivity index (χ1) is 12.5. The molecule has 136 valence electrons. The lowest BCUT2D eigenvalue weighted by molar-refractivity contribution is -0.113. The van der Waals surface area contributed by atoms with Crippen LogP contribution in [0.25, 0.3) is 11.6 Å². The van der Waals surface area contributed by atoms with Crippen LogP contribution in [0.5, 0.6) is 0 Å². The molecule has 0 fully saturated rings. The molecule has 1 N–H and O–H groups in total. The maximum Gasteiger partial charge on any atom is 0.234 e. The number of aromatic nitrogens is 3. The Morgan fingerprint density at radius 3 is 2.85 bits per heavy atom. The summed E-state index contributed by atoms with van der Waals surface area (Å²) in [5.41, 5.74) is 0.669. The third kappa shape index (κ3) is 4.68. The molecule has 6 nitrogen and oxygen atoms in total. The summed E-state index contributed by atoms with van der Waals surface area (Å²) in [6, 6.07) is 10.7. The number of halogens is 1. The van der Waals surface area contributed by atoms with Crippen LogP contribution in [-0.4, -0.2) is 26.4 Å². The number of hydrogen-bond acceptors (Lipinski definition) is 5. The molecule has 0 aliphatic heterocycles. The molecular weight excluding hydrogens is 372 g/mol. The highest BCUT2D eigenvalue weighted by Gasteiger charge is 2.18. The summed E-state index contributed by atoms with van der Waals surface area (Å²) in [5.74, 6) is 1.83. The summed E-state index contributed by atoms with van der Waals surface area (Å²) in [6.07, 6.45) is 1.61. The molecule has 0 bridgehead atoms. The molecule has 26 heavy (non-hydrogen) atoms. The van der Waals surface area contributed by atoms with E-state index in [0.717, 1.165) is 6.54 Å². The second-order valence-electron chi connectivity index (χ2n) is 6.14. The first-order valence-electron chi connectivity index (χ1n) is 8.18. The second kappa shape index (κ2) is 8.42. The van der Waals surface area contributed by atoms with Crippen molar-refractivity contribution in [2.75, 3.05) is 11.1 Å². The molecule has 0 atom stereocenters. The number of furan rings is 1. The topological polar surface area (TPSA) is 73.0 Å². The Morgan fingerprint density at radius 1 is 1.31 bits per heavy atom. The third-order valence-corrected chi connectivity index (χ3v) is 4.65. The zero-order valence-corrected chi connectivity index (χ0v) is 16.0. The van der Waals surface area contributed by atoms with Gasteiger partial charge in [0.25, 0.3) is 0 Å². The van der Waals surface area contributed by atoms with Crippen LogP contribution in [0.1, 0.15) is 13.8 Å². The molecule has 0 spiro atoms. The third-order valence-electron chi connectivity index (χ3n) is 3.45. The number of benzene rings is 1. The summed E-state index contributed by atoms with van der Waals surface area (Å²) in [5, 5.41) is 12.6. The fraction of sp³-hybridized carbons (Fsp3) is 0.278. The van der Waals surface area contributed by atoms with Crippen molar-refractivity contribution in [1.82, 2.24) is 14.8 Å². The van der Waals surface area contributed by atoms with Gasteiger partial charge in [-0.1, -0.05) is 43.3 Å². The molecular formula is C18H19ClN4O2S. The van der Waals surface area contributed by atoms with E-state index in [0.29, 0.717) is 33.4 Å². The van der Waals surface area contributed by atoms with E-state index < -0.39 is 0 Å². The average molecular weight is 391 g/mol. The molecule has 0 saturated heterocycles. The van der Waals surface area contributed by atoms with Crippen LogP contribution in [-0.2, 0) is 11.3 Å². The molecule has 2 aromatic heterocycles. The van der Waals surface area contributed by atoms with Crippen LogP contribution < -0.4 is 5.32 Å². The van der Waals surface area contributed by atoms with Gasteiger partial charge in [0.1, 0.15) is 0 Å². The van der Waals surface area contributed by atoms with Crippen LogP contribution in [0, 0.1) is 5.92 Å². The van der Waals surface area contributed by atoms with Crippen LogP contribution in [0.15, 0.2) is 52.2 Å². The Labute approximate surface area is 160 Å². The van der Waals surface area contributed by atoms with E-state index >= 15 is 0 Å². The lowest BCUT2D eigenvalue weighted by Gasteiger charge is -2.11. The van der Waals surface area contributed by atoms with Crippen molar-refractivity contribution in [2.45, 2.75) is 25.5 Å². The van der Waals surface area contributed by atoms with Gasteiger partial charge in [-0.15, -0.1) is 10.2 Å². The minimum atomic E-state index is -0.129. The first-order valence-corrected chi connectivity index (χ1v) is 9.54. The van der Waals surface area contributed by atoms with E-state index in [9.17, 15) is 4.79 Å². The van der Waals surface area contributed by atoms with Gasteiger partial charge < -0.3 is 9.73 Å². The van der Waals surface area contributed by atoms with Crippen LogP contribution >= 0.6 is 23.4 Å². The molecule has 2 heterocycles. The number of nitrogens with zero attached hydrogens (tertiary/aromatic N) is 3. The minimum Gasteiger partial charge on any atom is -0.461 e. The maximum atomic E-state index is 12.2. The number of amides is 1. The lowest BCUT2D eigenvalue weighted by atomic mass is 10.2. The number of hydrogen-bond donors (Lipinski definition) is 1. The maximum absolute atomic E-state index is 12.2. The van der Waals surface area contributed by atoms with Crippen molar-refractivity contribution in [3.05, 3.63) is 47.7 Å². The number of nitrogens with one attached hydrogen (secondary N) is 1. The predicted octanol–water partition coefficient (Wildman–Crippen LogP) is 4.58. The van der Waals surface area contributed by atoms with Gasteiger partial charge in [0, 0.05) is 17.3 Å². The fourth-order valence-electron chi connectivity index (χ4n) is 2.41. The number of thioether (sulfide) groups is 1. The van der Waals surface area contributed by atoms with Gasteiger partial charge in [0.05, 0.1) is 12.0 Å². The van der Waals surface area contributed by atoms with E-state index in [1.54, 1.807) is 30.5 Å². The normalized spacial score (nSPS) is 11.1. The summed E-state index contributed by atoms with van der Waals surface area (Å²) in [6.45, 7) is 4.97. The zero-order chi connectivity index (χ0) is 18.5. The van der Waals surface area contributed by atoms with Crippen molar-refractivity contribution in [2.24, 2.45) is 5.92 Å². The Hall–Kier alpha value is -2.25. The number of carbonyl (C=O) groups excluding carboxylic acids is 1. The lowest BCUT2D eigenvalue weighted by Crippen LogP contribution is -2.15. The van der Waals surface area contributed by atoms with Crippen molar-refractivity contribution in [1.29, 1.82) is 0 Å². The highest BCUT2D eigenvalue weighted by molar-refractivity contribution is 7.99. The van der Waals surface area contributed by atoms with Crippen LogP contribution in [0.2, 0.25) is 5.02 Å². The van der Waals surface area contributed by atoms with Gasteiger partial charge in [-0.2, -0.15) is 0 Å². The number of carbonyl (C=O) groups is 1. The molecule has 0 aliphatic carbocycles. The minimum absolute atomic E-state index is 0.129. The van der Waals surface area contributed by atoms with Crippen LogP contribution in [0.4, 0.5) is 5.69 Å². The van der Waals surface area contributed by atoms with Crippen molar-refractivity contribution >= 4 is 35.0 Å². The SMILES string of the molecule is CC(C)Cn1c(SCC(=O)Nc2cccc(Cl)c2)nnc1-c1ccco1. The summed E-state index contributed by atoms with van der Waals surface area (Å²) < 4.78 is 7.43. The molecule has 1 aromatic carbocycles. The monoisotopic (exact) mass is 390 g/mol. The van der Waals surface area contributed by atoms with Crippen LogP contribution in [0.3, 0.4) is 0 Å². The average Bonchev–Trinajstić information content (AvgIpc) is 3.22. The molecule has 0 radical (unpaired) electrons. The molecule has 3 aromatic rings. The van der Waals surface area contributed by atoms with Gasteiger partial charge in [-0.05, 0) is 36.2 Å². The number of anilines is 1. The fourth-order valence-corrected chi connectivity index (χ4v) is 3.34. The van der Waals surface area contributed by atoms with Crippen molar-refractivity contribution in [3.8, 4) is 11.6 Å². The van der Waals surface area contributed by atoms with Crippen molar-refractivity contribution < 1.29 is 9.21 Å². The summed E-state index contributed by atoms with van der Waals surface area (Å²) in [7, 11) is 0. The van der Waals surface area contributed by atoms with Gasteiger partial charge in [0.2, 0.25) is 5.91 Å². The quantitative estimate of drug-likeness (QED) is 0.598.